The summed E-state index contributed by atoms with van der Waals surface area (Å²) in [6.45, 7) is 3.15. The summed E-state index contributed by atoms with van der Waals surface area (Å²) in [5.41, 5.74) is 1.21. The Kier molecular flexibility index (Phi) is 3.64. The maximum atomic E-state index is 4.01. The summed E-state index contributed by atoms with van der Waals surface area (Å²) in [5.74, 6) is 3.27. The summed E-state index contributed by atoms with van der Waals surface area (Å²) >= 11 is 2.05. The van der Waals surface area contributed by atoms with Crippen LogP contribution in [-0.4, -0.2) is 33.0 Å². The molecule has 2 rings (SSSR count). The molecule has 2 atom stereocenters. The van der Waals surface area contributed by atoms with Crippen LogP contribution in [0.15, 0.2) is 6.20 Å². The van der Waals surface area contributed by atoms with Crippen molar-refractivity contribution >= 4 is 11.8 Å². The van der Waals surface area contributed by atoms with Gasteiger partial charge in [-0.25, -0.2) is 0 Å². The van der Waals surface area contributed by atoms with Gasteiger partial charge in [0.1, 0.15) is 0 Å². The molecule has 0 amide bonds. The molecule has 1 fully saturated rings. The molecule has 0 spiro atoms. The molecule has 0 bridgehead atoms. The van der Waals surface area contributed by atoms with Gasteiger partial charge in [0.25, 0.3) is 0 Å². The fourth-order valence-electron chi connectivity index (χ4n) is 2.13. The van der Waals surface area contributed by atoms with Crippen LogP contribution in [0.4, 0.5) is 0 Å². The van der Waals surface area contributed by atoms with Crippen LogP contribution in [0.2, 0.25) is 0 Å². The third-order valence-electron chi connectivity index (χ3n) is 2.93. The Morgan fingerprint density at radius 1 is 1.73 bits per heavy atom. The van der Waals surface area contributed by atoms with Crippen LogP contribution in [-0.2, 0) is 7.05 Å². The summed E-state index contributed by atoms with van der Waals surface area (Å²) < 4.78 is 1.89. The molecule has 0 radical (unpaired) electrons. The lowest BCUT2D eigenvalue weighted by atomic mass is 9.96. The summed E-state index contributed by atoms with van der Waals surface area (Å²) in [4.78, 5) is 0. The van der Waals surface area contributed by atoms with Crippen LogP contribution in [0.3, 0.4) is 0 Å². The van der Waals surface area contributed by atoms with Gasteiger partial charge in [-0.15, -0.1) is 5.10 Å². The molecule has 2 unspecified atom stereocenters. The van der Waals surface area contributed by atoms with Crippen LogP contribution in [0.5, 0.6) is 0 Å². The quantitative estimate of drug-likeness (QED) is 0.838. The molecule has 2 heterocycles. The highest BCUT2D eigenvalue weighted by Crippen LogP contribution is 2.33. The molecule has 1 N–H and O–H groups in total. The summed E-state index contributed by atoms with van der Waals surface area (Å²) in [7, 11) is 1.97. The van der Waals surface area contributed by atoms with Crippen molar-refractivity contribution in [3.05, 3.63) is 11.9 Å². The summed E-state index contributed by atoms with van der Waals surface area (Å²) in [6.07, 6.45) is 3.18. The minimum Gasteiger partial charge on any atom is -0.309 e. The van der Waals surface area contributed by atoms with Crippen LogP contribution in [0, 0.1) is 5.92 Å². The maximum Gasteiger partial charge on any atom is 0.0756 e. The molecule has 4 nitrogen and oxygen atoms in total. The van der Waals surface area contributed by atoms with Crippen molar-refractivity contribution in [2.75, 3.05) is 18.1 Å². The molecular formula is C10H18N4S. The van der Waals surface area contributed by atoms with Crippen molar-refractivity contribution in [3.63, 3.8) is 0 Å². The Hall–Kier alpha value is -0.550. The first-order chi connectivity index (χ1) is 7.33. The van der Waals surface area contributed by atoms with Crippen molar-refractivity contribution < 1.29 is 0 Å². The largest absolute Gasteiger partial charge is 0.309 e. The molecule has 5 heteroatoms. The van der Waals surface area contributed by atoms with E-state index in [-0.39, 0.29) is 0 Å². The molecular weight excluding hydrogens is 208 g/mol. The van der Waals surface area contributed by atoms with E-state index in [1.807, 2.05) is 29.7 Å². The van der Waals surface area contributed by atoms with Crippen molar-refractivity contribution in [3.8, 4) is 0 Å². The van der Waals surface area contributed by atoms with Crippen molar-refractivity contribution in [1.82, 2.24) is 20.3 Å². The Morgan fingerprint density at radius 3 is 3.13 bits per heavy atom. The van der Waals surface area contributed by atoms with Crippen LogP contribution in [0.25, 0.3) is 0 Å². The monoisotopic (exact) mass is 226 g/mol. The van der Waals surface area contributed by atoms with E-state index in [0.717, 1.165) is 12.5 Å². The third kappa shape index (κ3) is 2.34. The van der Waals surface area contributed by atoms with E-state index in [9.17, 15) is 0 Å². The summed E-state index contributed by atoms with van der Waals surface area (Å²) in [6, 6.07) is 0.421. The molecule has 0 aliphatic carbocycles. The van der Waals surface area contributed by atoms with Gasteiger partial charge in [-0.3, -0.25) is 4.68 Å². The highest BCUT2D eigenvalue weighted by molar-refractivity contribution is 7.99. The maximum absolute atomic E-state index is 4.01. The van der Waals surface area contributed by atoms with Crippen molar-refractivity contribution in [2.45, 2.75) is 19.4 Å². The van der Waals surface area contributed by atoms with E-state index in [0.29, 0.717) is 6.04 Å². The van der Waals surface area contributed by atoms with Gasteiger partial charge in [0.15, 0.2) is 0 Å². The van der Waals surface area contributed by atoms with Crippen LogP contribution in [0.1, 0.15) is 25.1 Å². The topological polar surface area (TPSA) is 42.7 Å². The van der Waals surface area contributed by atoms with E-state index >= 15 is 0 Å². The zero-order valence-electron chi connectivity index (χ0n) is 9.31. The second-order valence-electron chi connectivity index (χ2n) is 3.94. The van der Waals surface area contributed by atoms with Crippen LogP contribution < -0.4 is 5.32 Å². The average Bonchev–Trinajstić information content (AvgIpc) is 2.85. The number of rotatable bonds is 4. The first-order valence-electron chi connectivity index (χ1n) is 5.48. The number of aryl methyl sites for hydroxylation is 1. The predicted octanol–water partition coefficient (Wildman–Crippen LogP) is 1.22. The standard InChI is InChI=1S/C10H18N4S/c1-3-11-10(8-4-5-15-7-8)9-6-12-13-14(9)2/h6,8,10-11H,3-5,7H2,1-2H3. The molecule has 84 valence electrons. The van der Waals surface area contributed by atoms with Crippen LogP contribution >= 0.6 is 11.8 Å². The molecule has 1 aromatic heterocycles. The zero-order valence-corrected chi connectivity index (χ0v) is 10.1. The fourth-order valence-corrected chi connectivity index (χ4v) is 3.43. The highest BCUT2D eigenvalue weighted by atomic mass is 32.2. The van der Waals surface area contributed by atoms with E-state index in [2.05, 4.69) is 22.6 Å². The third-order valence-corrected chi connectivity index (χ3v) is 4.12. The second-order valence-corrected chi connectivity index (χ2v) is 5.09. The predicted molar refractivity (Wildman–Crippen MR) is 62.9 cm³/mol. The van der Waals surface area contributed by atoms with Gasteiger partial charge in [0.05, 0.1) is 17.9 Å². The Labute approximate surface area is 94.8 Å². The fraction of sp³-hybridized carbons (Fsp3) is 0.800. The number of thioether (sulfide) groups is 1. The molecule has 0 saturated carbocycles. The minimum atomic E-state index is 0.421. The van der Waals surface area contributed by atoms with Crippen molar-refractivity contribution in [1.29, 1.82) is 0 Å². The number of nitrogens with zero attached hydrogens (tertiary/aromatic N) is 3. The number of nitrogens with one attached hydrogen (secondary N) is 1. The van der Waals surface area contributed by atoms with Gasteiger partial charge in [-0.1, -0.05) is 12.1 Å². The molecule has 15 heavy (non-hydrogen) atoms. The zero-order chi connectivity index (χ0) is 10.7. The lowest BCUT2D eigenvalue weighted by molar-refractivity contribution is 0.380. The Morgan fingerprint density at radius 2 is 2.60 bits per heavy atom. The lowest BCUT2D eigenvalue weighted by Crippen LogP contribution is -2.30. The lowest BCUT2D eigenvalue weighted by Gasteiger charge is -2.23. The number of hydrogen-bond donors (Lipinski definition) is 1. The molecule has 1 aliphatic rings. The highest BCUT2D eigenvalue weighted by Gasteiger charge is 2.28. The van der Waals surface area contributed by atoms with Gasteiger partial charge in [0, 0.05) is 7.05 Å². The average molecular weight is 226 g/mol. The van der Waals surface area contributed by atoms with Gasteiger partial charge in [0.2, 0.25) is 0 Å². The smallest absolute Gasteiger partial charge is 0.0756 e. The SMILES string of the molecule is CCNC(c1cnnn1C)C1CCSC1. The van der Waals surface area contributed by atoms with E-state index in [4.69, 9.17) is 0 Å². The van der Waals surface area contributed by atoms with E-state index in [1.165, 1.54) is 23.6 Å². The number of hydrogen-bond acceptors (Lipinski definition) is 4. The van der Waals surface area contributed by atoms with Gasteiger partial charge >= 0.3 is 0 Å². The van der Waals surface area contributed by atoms with Gasteiger partial charge in [-0.05, 0) is 30.4 Å². The molecule has 1 aliphatic heterocycles. The first kappa shape index (κ1) is 11.0. The molecule has 0 aromatic carbocycles. The number of aromatic nitrogens is 3. The van der Waals surface area contributed by atoms with E-state index in [1.54, 1.807) is 0 Å². The minimum absolute atomic E-state index is 0.421. The normalized spacial score (nSPS) is 23.2. The van der Waals surface area contributed by atoms with Crippen molar-refractivity contribution in [2.24, 2.45) is 13.0 Å². The Bertz CT molecular complexity index is 306. The first-order valence-corrected chi connectivity index (χ1v) is 6.64. The van der Waals surface area contributed by atoms with Gasteiger partial charge in [-0.2, -0.15) is 11.8 Å². The molecule has 1 saturated heterocycles. The van der Waals surface area contributed by atoms with Gasteiger partial charge < -0.3 is 5.32 Å². The summed E-state index contributed by atoms with van der Waals surface area (Å²) in [5, 5.41) is 11.5. The van der Waals surface area contributed by atoms with E-state index < -0.39 is 0 Å². The second kappa shape index (κ2) is 4.99. The Balaban J connectivity index is 2.15. The molecule has 1 aromatic rings.